The third-order valence-corrected chi connectivity index (χ3v) is 2.37. The first-order chi connectivity index (χ1) is 8.93. The molecule has 0 amide bonds. The summed E-state index contributed by atoms with van der Waals surface area (Å²) in [5, 5.41) is 0. The van der Waals surface area contributed by atoms with Crippen LogP contribution in [0.3, 0.4) is 0 Å². The van der Waals surface area contributed by atoms with Gasteiger partial charge >= 0.3 is 0 Å². The Morgan fingerprint density at radius 2 is 1.16 bits per heavy atom. The van der Waals surface area contributed by atoms with Crippen molar-refractivity contribution in [1.29, 1.82) is 0 Å². The van der Waals surface area contributed by atoms with E-state index in [9.17, 15) is 0 Å². The van der Waals surface area contributed by atoms with Crippen molar-refractivity contribution in [3.63, 3.8) is 0 Å². The highest BCUT2D eigenvalue weighted by atomic mass is 32.2. The van der Waals surface area contributed by atoms with Gasteiger partial charge in [0.25, 0.3) is 0 Å². The molecule has 3 nitrogen and oxygen atoms in total. The van der Waals surface area contributed by atoms with Crippen molar-refractivity contribution in [1.82, 2.24) is 0 Å². The molecule has 0 aromatic heterocycles. The van der Waals surface area contributed by atoms with E-state index < -0.39 is 11.4 Å². The molecular formula is C15H19O3S-. The van der Waals surface area contributed by atoms with Gasteiger partial charge in [0.15, 0.2) is 0 Å². The summed E-state index contributed by atoms with van der Waals surface area (Å²) in [5.41, 5.74) is 4.06. The molecule has 1 N–H and O–H groups in total. The standard InChI is InChI=1S/C8H10.C7H8.H2O3S/c1-7-5-3-4-6-8(7)2;1-7-5-3-2-4-6-7;1-4(2)3/h3-6H,1-2H3;2-6H,1H3;(H2,1,2,3)/p-1. The predicted molar refractivity (Wildman–Crippen MR) is 78.6 cm³/mol. The van der Waals surface area contributed by atoms with Gasteiger partial charge in [-0.2, -0.15) is 0 Å². The second-order valence-corrected chi connectivity index (χ2v) is 4.39. The Balaban J connectivity index is 0.000000272. The van der Waals surface area contributed by atoms with E-state index in [1.54, 1.807) is 0 Å². The molecule has 2 aromatic carbocycles. The van der Waals surface area contributed by atoms with Crippen LogP contribution >= 0.6 is 0 Å². The van der Waals surface area contributed by atoms with Crippen molar-refractivity contribution in [2.75, 3.05) is 0 Å². The fraction of sp³-hybridized carbons (Fsp3) is 0.200. The van der Waals surface area contributed by atoms with Gasteiger partial charge in [-0.05, 0) is 31.9 Å². The average Bonchev–Trinajstić information content (AvgIpc) is 2.34. The van der Waals surface area contributed by atoms with Gasteiger partial charge in [-0.3, -0.25) is 0 Å². The Kier molecular flexibility index (Phi) is 9.62. The van der Waals surface area contributed by atoms with Gasteiger partial charge in [-0.1, -0.05) is 60.2 Å². The van der Waals surface area contributed by atoms with Gasteiger partial charge in [0.05, 0.1) is 11.4 Å². The van der Waals surface area contributed by atoms with Crippen LogP contribution in [0.25, 0.3) is 0 Å². The molecular weight excluding hydrogens is 260 g/mol. The van der Waals surface area contributed by atoms with Crippen molar-refractivity contribution >= 4 is 11.4 Å². The molecule has 0 aliphatic rings. The third kappa shape index (κ3) is 11.3. The Hall–Kier alpha value is -1.49. The third-order valence-electron chi connectivity index (χ3n) is 2.37. The second kappa shape index (κ2) is 10.4. The second-order valence-electron chi connectivity index (χ2n) is 3.96. The number of hydrogen-bond acceptors (Lipinski definition) is 2. The topological polar surface area (TPSA) is 60.4 Å². The monoisotopic (exact) mass is 279 g/mol. The molecule has 0 fully saturated rings. The summed E-state index contributed by atoms with van der Waals surface area (Å²) in [5.74, 6) is 0. The predicted octanol–water partition coefficient (Wildman–Crippen LogP) is 3.64. The molecule has 0 aliphatic heterocycles. The van der Waals surface area contributed by atoms with Crippen molar-refractivity contribution in [2.45, 2.75) is 20.8 Å². The fourth-order valence-corrected chi connectivity index (χ4v) is 1.20. The van der Waals surface area contributed by atoms with Gasteiger partial charge in [0.1, 0.15) is 0 Å². The summed E-state index contributed by atoms with van der Waals surface area (Å²) in [6.45, 7) is 6.32. The minimum Gasteiger partial charge on any atom is -0.750 e. The fourth-order valence-electron chi connectivity index (χ4n) is 1.20. The smallest absolute Gasteiger partial charge is 0.0814 e. The molecule has 0 saturated carbocycles. The van der Waals surface area contributed by atoms with E-state index in [-0.39, 0.29) is 0 Å². The summed E-state index contributed by atoms with van der Waals surface area (Å²) < 4.78 is 24.1. The maximum absolute atomic E-state index is 8.56. The largest absolute Gasteiger partial charge is 0.750 e. The first kappa shape index (κ1) is 17.5. The normalized spacial score (nSPS) is 10.4. The van der Waals surface area contributed by atoms with Gasteiger partial charge in [-0.25, -0.2) is 4.21 Å². The Morgan fingerprint density at radius 1 is 0.842 bits per heavy atom. The molecule has 1 unspecified atom stereocenters. The highest BCUT2D eigenvalue weighted by Crippen LogP contribution is 2.02. The zero-order valence-electron chi connectivity index (χ0n) is 11.4. The van der Waals surface area contributed by atoms with E-state index in [4.69, 9.17) is 13.3 Å². The molecule has 0 radical (unpaired) electrons. The van der Waals surface area contributed by atoms with Crippen LogP contribution < -0.4 is 0 Å². The number of aryl methyl sites for hydroxylation is 3. The summed E-state index contributed by atoms with van der Waals surface area (Å²) in [7, 11) is 0. The van der Waals surface area contributed by atoms with Crippen LogP contribution in [-0.2, 0) is 11.4 Å². The zero-order valence-corrected chi connectivity index (χ0v) is 12.2. The summed E-state index contributed by atoms with van der Waals surface area (Å²) >= 11 is -2.86. The Morgan fingerprint density at radius 3 is 1.37 bits per heavy atom. The molecule has 2 aromatic rings. The lowest BCUT2D eigenvalue weighted by Crippen LogP contribution is -1.75. The number of benzene rings is 2. The van der Waals surface area contributed by atoms with E-state index in [1.165, 1.54) is 16.7 Å². The van der Waals surface area contributed by atoms with Gasteiger partial charge < -0.3 is 9.11 Å². The summed E-state index contributed by atoms with van der Waals surface area (Å²) in [6, 6.07) is 18.6. The minimum absolute atomic E-state index is 1.32. The van der Waals surface area contributed by atoms with Crippen LogP contribution in [0.1, 0.15) is 16.7 Å². The first-order valence-corrected chi connectivity index (χ1v) is 6.79. The molecule has 1 atom stereocenters. The lowest BCUT2D eigenvalue weighted by Gasteiger charge is -1.93. The van der Waals surface area contributed by atoms with E-state index in [0.29, 0.717) is 0 Å². The van der Waals surface area contributed by atoms with Crippen LogP contribution in [-0.4, -0.2) is 13.3 Å². The van der Waals surface area contributed by atoms with Crippen molar-refractivity contribution < 1.29 is 13.3 Å². The number of rotatable bonds is 0. The molecule has 0 bridgehead atoms. The van der Waals surface area contributed by atoms with Crippen LogP contribution in [0.2, 0.25) is 0 Å². The van der Waals surface area contributed by atoms with E-state index in [0.717, 1.165) is 0 Å². The van der Waals surface area contributed by atoms with Crippen LogP contribution in [0.5, 0.6) is 0 Å². The van der Waals surface area contributed by atoms with E-state index >= 15 is 0 Å². The van der Waals surface area contributed by atoms with Crippen molar-refractivity contribution in [2.24, 2.45) is 0 Å². The molecule has 2 rings (SSSR count). The summed E-state index contributed by atoms with van der Waals surface area (Å²) in [4.78, 5) is 0. The number of hydrogen-bond donors (Lipinski definition) is 1. The van der Waals surface area contributed by atoms with Crippen molar-refractivity contribution in [3.8, 4) is 0 Å². The quantitative estimate of drug-likeness (QED) is 0.749. The highest BCUT2D eigenvalue weighted by Gasteiger charge is 1.83. The summed E-state index contributed by atoms with van der Waals surface area (Å²) in [6.07, 6.45) is 0. The molecule has 0 saturated heterocycles. The lowest BCUT2D eigenvalue weighted by atomic mass is 10.1. The maximum atomic E-state index is 8.56. The van der Waals surface area contributed by atoms with Crippen molar-refractivity contribution in [3.05, 3.63) is 71.3 Å². The molecule has 0 spiro atoms. The maximum Gasteiger partial charge on any atom is 0.0814 e. The highest BCUT2D eigenvalue weighted by molar-refractivity contribution is 7.73. The average molecular weight is 279 g/mol. The van der Waals surface area contributed by atoms with Gasteiger partial charge in [0, 0.05) is 0 Å². The van der Waals surface area contributed by atoms with Gasteiger partial charge in [-0.15, -0.1) is 0 Å². The molecule has 104 valence electrons. The van der Waals surface area contributed by atoms with Gasteiger partial charge in [0.2, 0.25) is 0 Å². The van der Waals surface area contributed by atoms with E-state index in [1.807, 2.05) is 18.2 Å². The Labute approximate surface area is 117 Å². The molecule has 0 heterocycles. The minimum atomic E-state index is -2.86. The van der Waals surface area contributed by atoms with Crippen LogP contribution in [0.4, 0.5) is 0 Å². The lowest BCUT2D eigenvalue weighted by molar-refractivity contribution is 0.436. The SMILES string of the molecule is Cc1ccccc1.Cc1ccccc1C.O=S([O-])O. The molecule has 19 heavy (non-hydrogen) atoms. The van der Waals surface area contributed by atoms with Crippen LogP contribution in [0.15, 0.2) is 54.6 Å². The van der Waals surface area contributed by atoms with Crippen LogP contribution in [0, 0.1) is 20.8 Å². The zero-order chi connectivity index (χ0) is 14.7. The molecule has 4 heteroatoms. The molecule has 0 aliphatic carbocycles. The van der Waals surface area contributed by atoms with E-state index in [2.05, 4.69) is 57.2 Å². The first-order valence-electron chi connectivity index (χ1n) is 5.75. The Bertz CT molecular complexity index is 459.